The molecule has 0 saturated carbocycles. The van der Waals surface area contributed by atoms with E-state index in [0.29, 0.717) is 25.1 Å². The van der Waals surface area contributed by atoms with Crippen LogP contribution in [0.5, 0.6) is 0 Å². The number of amides is 1. The van der Waals surface area contributed by atoms with E-state index >= 15 is 0 Å². The Hall–Kier alpha value is -1.25. The minimum atomic E-state index is -3.26. The van der Waals surface area contributed by atoms with Crippen LogP contribution < -0.4 is 10.6 Å². The fourth-order valence-electron chi connectivity index (χ4n) is 3.27. The van der Waals surface area contributed by atoms with Gasteiger partial charge in [-0.3, -0.25) is 4.79 Å². The van der Waals surface area contributed by atoms with Crippen LogP contribution in [0, 0.1) is 17.6 Å². The molecule has 0 aliphatic carbocycles. The maximum atomic E-state index is 13.5. The van der Waals surface area contributed by atoms with Crippen molar-refractivity contribution >= 4 is 28.2 Å². The lowest BCUT2D eigenvalue weighted by Crippen LogP contribution is -2.50. The Morgan fingerprint density at radius 3 is 2.63 bits per heavy atom. The number of hydrogen-bond acceptors (Lipinski definition) is 4. The van der Waals surface area contributed by atoms with Crippen LogP contribution in [-0.2, 0) is 14.6 Å². The third-order valence-electron chi connectivity index (χ3n) is 4.43. The van der Waals surface area contributed by atoms with E-state index in [-0.39, 0.29) is 54.1 Å². The highest BCUT2D eigenvalue weighted by atomic mass is 35.5. The number of halogens is 3. The summed E-state index contributed by atoms with van der Waals surface area (Å²) in [5.74, 6) is -2.43. The number of rotatable bonds is 7. The van der Waals surface area contributed by atoms with E-state index in [9.17, 15) is 22.0 Å². The summed E-state index contributed by atoms with van der Waals surface area (Å²) >= 11 is 0. The average Bonchev–Trinajstić information content (AvgIpc) is 2.55. The first-order valence-corrected chi connectivity index (χ1v) is 10.7. The van der Waals surface area contributed by atoms with Gasteiger partial charge in [0.2, 0.25) is 5.91 Å². The van der Waals surface area contributed by atoms with Gasteiger partial charge < -0.3 is 10.6 Å². The molecule has 27 heavy (non-hydrogen) atoms. The number of benzene rings is 1. The molecule has 0 bridgehead atoms. The van der Waals surface area contributed by atoms with E-state index in [0.717, 1.165) is 12.1 Å². The maximum absolute atomic E-state index is 13.5. The molecule has 0 spiro atoms. The van der Waals surface area contributed by atoms with Crippen molar-refractivity contribution in [3.8, 4) is 0 Å². The van der Waals surface area contributed by atoms with Crippen LogP contribution in [-0.4, -0.2) is 45.0 Å². The zero-order valence-electron chi connectivity index (χ0n) is 15.5. The van der Waals surface area contributed by atoms with Gasteiger partial charge in [0.05, 0.1) is 11.5 Å². The summed E-state index contributed by atoms with van der Waals surface area (Å²) in [6.45, 7) is 4.84. The molecule has 154 valence electrons. The lowest BCUT2D eigenvalue weighted by atomic mass is 9.86. The Labute approximate surface area is 165 Å². The van der Waals surface area contributed by atoms with Gasteiger partial charge in [0.25, 0.3) is 0 Å². The molecule has 0 radical (unpaired) electrons. The molecule has 5 nitrogen and oxygen atoms in total. The normalized spacial score (nSPS) is 20.2. The van der Waals surface area contributed by atoms with Gasteiger partial charge in [-0.15, -0.1) is 12.4 Å². The monoisotopic (exact) mass is 424 g/mol. The molecule has 1 amide bonds. The minimum absolute atomic E-state index is 0. The van der Waals surface area contributed by atoms with Crippen molar-refractivity contribution in [3.05, 3.63) is 35.4 Å². The number of piperidine rings is 1. The number of hydrogen-bond donors (Lipinski definition) is 2. The minimum Gasteiger partial charge on any atom is -0.351 e. The van der Waals surface area contributed by atoms with Gasteiger partial charge in [-0.25, -0.2) is 17.2 Å². The van der Waals surface area contributed by atoms with Gasteiger partial charge in [0.1, 0.15) is 0 Å². The molecule has 2 atom stereocenters. The molecule has 9 heteroatoms. The van der Waals surface area contributed by atoms with Crippen LogP contribution in [0.2, 0.25) is 0 Å². The standard InChI is InChI=1S/C18H26F2N2O3S.ClH/c1-12(2)11-26(24,25)8-6-18(23)22-17-10-21-7-5-14(17)13-3-4-15(19)16(20)9-13;/h3-4,9,12,14,17,21H,5-8,10-11H2,1-2H3,(H,22,23);1H. The molecule has 2 rings (SSSR count). The van der Waals surface area contributed by atoms with Crippen molar-refractivity contribution in [2.45, 2.75) is 38.6 Å². The predicted octanol–water partition coefficient (Wildman–Crippen LogP) is 2.41. The van der Waals surface area contributed by atoms with Gasteiger partial charge in [0, 0.05) is 24.9 Å². The molecule has 2 N–H and O–H groups in total. The molecule has 2 unspecified atom stereocenters. The molecule has 1 fully saturated rings. The first-order chi connectivity index (χ1) is 12.2. The Bertz CT molecular complexity index is 744. The SMILES string of the molecule is CC(C)CS(=O)(=O)CCC(=O)NC1CNCCC1c1ccc(F)c(F)c1.Cl. The van der Waals surface area contributed by atoms with E-state index < -0.39 is 21.5 Å². The highest BCUT2D eigenvalue weighted by Gasteiger charge is 2.28. The summed E-state index contributed by atoms with van der Waals surface area (Å²) in [4.78, 5) is 12.2. The topological polar surface area (TPSA) is 75.3 Å². The lowest BCUT2D eigenvalue weighted by Gasteiger charge is -2.33. The van der Waals surface area contributed by atoms with Crippen LogP contribution >= 0.6 is 12.4 Å². The number of nitrogens with one attached hydrogen (secondary N) is 2. The molecular formula is C18H27ClF2N2O3S. The summed E-state index contributed by atoms with van der Waals surface area (Å²) in [7, 11) is -3.26. The van der Waals surface area contributed by atoms with Crippen LogP contribution in [0.1, 0.15) is 38.2 Å². The lowest BCUT2D eigenvalue weighted by molar-refractivity contribution is -0.121. The van der Waals surface area contributed by atoms with Gasteiger partial charge in [-0.1, -0.05) is 19.9 Å². The molecule has 1 aromatic carbocycles. The number of carbonyl (C=O) groups is 1. The van der Waals surface area contributed by atoms with Gasteiger partial charge in [-0.2, -0.15) is 0 Å². The van der Waals surface area contributed by atoms with Crippen LogP contribution in [0.25, 0.3) is 0 Å². The highest BCUT2D eigenvalue weighted by molar-refractivity contribution is 7.91. The Morgan fingerprint density at radius 1 is 1.30 bits per heavy atom. The van der Waals surface area contributed by atoms with Crippen LogP contribution in [0.15, 0.2) is 18.2 Å². The molecule has 1 aromatic rings. The quantitative estimate of drug-likeness (QED) is 0.704. The third kappa shape index (κ3) is 7.35. The smallest absolute Gasteiger partial charge is 0.221 e. The molecule has 1 saturated heterocycles. The first kappa shape index (κ1) is 23.8. The van der Waals surface area contributed by atoms with Crippen molar-refractivity contribution in [3.63, 3.8) is 0 Å². The van der Waals surface area contributed by atoms with Crippen molar-refractivity contribution < 1.29 is 22.0 Å². The average molecular weight is 425 g/mol. The fourth-order valence-corrected chi connectivity index (χ4v) is 4.95. The maximum Gasteiger partial charge on any atom is 0.221 e. The van der Waals surface area contributed by atoms with Crippen molar-refractivity contribution in [1.82, 2.24) is 10.6 Å². The largest absolute Gasteiger partial charge is 0.351 e. The van der Waals surface area contributed by atoms with Crippen LogP contribution in [0.4, 0.5) is 8.78 Å². The summed E-state index contributed by atoms with van der Waals surface area (Å²) in [5, 5.41) is 6.01. The molecule has 1 aliphatic rings. The zero-order valence-corrected chi connectivity index (χ0v) is 17.1. The predicted molar refractivity (Wildman–Crippen MR) is 104 cm³/mol. The summed E-state index contributed by atoms with van der Waals surface area (Å²) in [5.41, 5.74) is 0.628. The second kappa shape index (κ2) is 10.3. The molecule has 1 heterocycles. The molecular weight excluding hydrogens is 398 g/mol. The molecule has 0 aromatic heterocycles. The second-order valence-corrected chi connectivity index (χ2v) is 9.43. The molecule has 1 aliphatic heterocycles. The van der Waals surface area contributed by atoms with E-state index in [2.05, 4.69) is 10.6 Å². The Balaban J connectivity index is 0.00000364. The Morgan fingerprint density at radius 2 is 2.00 bits per heavy atom. The number of carbonyl (C=O) groups excluding carboxylic acids is 1. The van der Waals surface area contributed by atoms with Gasteiger partial charge >= 0.3 is 0 Å². The van der Waals surface area contributed by atoms with E-state index in [4.69, 9.17) is 0 Å². The third-order valence-corrected chi connectivity index (χ3v) is 6.43. The summed E-state index contributed by atoms with van der Waals surface area (Å²) < 4.78 is 50.5. The van der Waals surface area contributed by atoms with Crippen molar-refractivity contribution in [2.24, 2.45) is 5.92 Å². The fraction of sp³-hybridized carbons (Fsp3) is 0.611. The summed E-state index contributed by atoms with van der Waals surface area (Å²) in [6.07, 6.45) is 0.567. The Kier molecular flexibility index (Phi) is 9.11. The van der Waals surface area contributed by atoms with Crippen LogP contribution in [0.3, 0.4) is 0 Å². The number of sulfone groups is 1. The second-order valence-electron chi connectivity index (χ2n) is 7.21. The van der Waals surface area contributed by atoms with E-state index in [1.54, 1.807) is 0 Å². The summed E-state index contributed by atoms with van der Waals surface area (Å²) in [6, 6.07) is 3.48. The van der Waals surface area contributed by atoms with E-state index in [1.165, 1.54) is 6.07 Å². The van der Waals surface area contributed by atoms with Crippen molar-refractivity contribution in [1.29, 1.82) is 0 Å². The van der Waals surface area contributed by atoms with Gasteiger partial charge in [-0.05, 0) is 36.6 Å². The highest BCUT2D eigenvalue weighted by Crippen LogP contribution is 2.27. The first-order valence-electron chi connectivity index (χ1n) is 8.83. The van der Waals surface area contributed by atoms with Gasteiger partial charge in [0.15, 0.2) is 21.5 Å². The van der Waals surface area contributed by atoms with Crippen molar-refractivity contribution in [2.75, 3.05) is 24.6 Å². The van der Waals surface area contributed by atoms with E-state index in [1.807, 2.05) is 13.8 Å². The zero-order chi connectivity index (χ0) is 19.3.